The number of alkyl halides is 3. The molecule has 2 saturated carbocycles. The van der Waals surface area contributed by atoms with Crippen LogP contribution in [0.15, 0.2) is 18.2 Å². The van der Waals surface area contributed by atoms with E-state index in [1.165, 1.54) is 6.07 Å². The van der Waals surface area contributed by atoms with Crippen LogP contribution in [0.3, 0.4) is 0 Å². The molecule has 202 valence electrons. The summed E-state index contributed by atoms with van der Waals surface area (Å²) in [7, 11) is 0. The van der Waals surface area contributed by atoms with E-state index in [-0.39, 0.29) is 34.7 Å². The van der Waals surface area contributed by atoms with Crippen LogP contribution in [0.5, 0.6) is 5.75 Å². The fourth-order valence-corrected chi connectivity index (χ4v) is 6.84. The van der Waals surface area contributed by atoms with E-state index in [4.69, 9.17) is 11.6 Å². The van der Waals surface area contributed by atoms with Crippen molar-refractivity contribution in [1.29, 1.82) is 0 Å². The van der Waals surface area contributed by atoms with Crippen LogP contribution in [0, 0.1) is 17.8 Å². The Morgan fingerprint density at radius 1 is 0.861 bits per heavy atom. The van der Waals surface area contributed by atoms with Crippen molar-refractivity contribution in [3.63, 3.8) is 0 Å². The summed E-state index contributed by atoms with van der Waals surface area (Å²) in [5, 5.41) is 21.0. The van der Waals surface area contributed by atoms with Crippen molar-refractivity contribution < 1.29 is 28.1 Å². The van der Waals surface area contributed by atoms with Crippen LogP contribution in [0.25, 0.3) is 6.08 Å². The van der Waals surface area contributed by atoms with Crippen LogP contribution in [0.1, 0.15) is 84.6 Å². The number of halogens is 4. The van der Waals surface area contributed by atoms with Crippen LogP contribution in [-0.2, 0) is 0 Å². The van der Waals surface area contributed by atoms with Crippen molar-refractivity contribution in [2.45, 2.75) is 109 Å². The zero-order valence-corrected chi connectivity index (χ0v) is 22.4. The average Bonchev–Trinajstić information content (AvgIpc) is 2.77. The van der Waals surface area contributed by atoms with E-state index < -0.39 is 17.6 Å². The van der Waals surface area contributed by atoms with E-state index in [9.17, 15) is 23.4 Å². The predicted octanol–water partition coefficient (Wildman–Crippen LogP) is 7.35. The second kappa shape index (κ2) is 10.0. The van der Waals surface area contributed by atoms with Crippen LogP contribution >= 0.6 is 11.6 Å². The first-order valence-electron chi connectivity index (χ1n) is 13.1. The van der Waals surface area contributed by atoms with Crippen LogP contribution < -0.4 is 9.64 Å². The molecule has 0 radical (unpaired) electrons. The van der Waals surface area contributed by atoms with Crippen molar-refractivity contribution in [1.82, 2.24) is 0 Å². The third-order valence-electron chi connectivity index (χ3n) is 8.72. The van der Waals surface area contributed by atoms with Crippen molar-refractivity contribution in [2.24, 2.45) is 17.8 Å². The first kappa shape index (κ1) is 27.6. The zero-order valence-electron chi connectivity index (χ0n) is 21.6. The number of anilines is 1. The minimum absolute atomic E-state index is 0.0452. The van der Waals surface area contributed by atoms with Gasteiger partial charge in [0.1, 0.15) is 5.75 Å². The minimum Gasteiger partial charge on any atom is -0.404 e. The Morgan fingerprint density at radius 3 is 1.89 bits per heavy atom. The Kier molecular flexibility index (Phi) is 7.69. The lowest BCUT2D eigenvalue weighted by Gasteiger charge is -2.49. The van der Waals surface area contributed by atoms with E-state index in [1.807, 2.05) is 33.8 Å². The van der Waals surface area contributed by atoms with Gasteiger partial charge in [-0.1, -0.05) is 23.8 Å². The zero-order chi connectivity index (χ0) is 26.5. The van der Waals surface area contributed by atoms with E-state index in [2.05, 4.69) is 15.7 Å². The molecule has 2 N–H and O–H groups in total. The largest absolute Gasteiger partial charge is 0.573 e. The number of benzene rings is 1. The molecule has 3 aliphatic rings. The molecule has 8 heteroatoms. The molecule has 2 fully saturated rings. The van der Waals surface area contributed by atoms with E-state index in [0.29, 0.717) is 5.92 Å². The standard InChI is InChI=1S/C28H39ClF3NO3/c1-26(2,34)19-8-5-17(6-9-19)23-14-7-18-15-22(29)25(36-28(30,31)32)16-24(18)33(23)21-12-10-20(11-13-21)27(3,4)35/h7,14-17,19-21,23,34-35H,5-6,8-13H2,1-4H3. The number of aliphatic hydroxyl groups is 2. The second-order valence-electron chi connectivity index (χ2n) is 12.1. The molecule has 0 aromatic heterocycles. The Morgan fingerprint density at radius 2 is 1.39 bits per heavy atom. The summed E-state index contributed by atoms with van der Waals surface area (Å²) < 4.78 is 43.6. The maximum absolute atomic E-state index is 13.1. The molecule has 0 amide bonds. The minimum atomic E-state index is -4.83. The van der Waals surface area contributed by atoms with Gasteiger partial charge in [0.05, 0.1) is 22.3 Å². The van der Waals surface area contributed by atoms with Gasteiger partial charge in [-0.3, -0.25) is 0 Å². The molecule has 0 spiro atoms. The predicted molar refractivity (Wildman–Crippen MR) is 137 cm³/mol. The van der Waals surface area contributed by atoms with Gasteiger partial charge in [-0.2, -0.15) is 0 Å². The van der Waals surface area contributed by atoms with Crippen LogP contribution in [0.2, 0.25) is 5.02 Å². The number of rotatable bonds is 5. The lowest BCUT2D eigenvalue weighted by molar-refractivity contribution is -0.274. The molecule has 4 nitrogen and oxygen atoms in total. The average molecular weight is 530 g/mol. The van der Waals surface area contributed by atoms with Gasteiger partial charge >= 0.3 is 6.36 Å². The lowest BCUT2D eigenvalue weighted by Crippen LogP contribution is -2.51. The van der Waals surface area contributed by atoms with Crippen LogP contribution in [0.4, 0.5) is 18.9 Å². The highest BCUT2D eigenvalue weighted by atomic mass is 35.5. The molecule has 2 aliphatic carbocycles. The van der Waals surface area contributed by atoms with E-state index in [1.54, 1.807) is 6.07 Å². The smallest absolute Gasteiger partial charge is 0.404 e. The van der Waals surface area contributed by atoms with E-state index >= 15 is 0 Å². The molecule has 0 saturated heterocycles. The maximum Gasteiger partial charge on any atom is 0.573 e. The molecule has 1 atom stereocenters. The van der Waals surface area contributed by atoms with Gasteiger partial charge < -0.3 is 19.8 Å². The molecule has 36 heavy (non-hydrogen) atoms. The fraction of sp³-hybridized carbons (Fsp3) is 0.714. The third-order valence-corrected chi connectivity index (χ3v) is 9.02. The summed E-state index contributed by atoms with van der Waals surface area (Å²) in [5.41, 5.74) is 0.0549. The summed E-state index contributed by atoms with van der Waals surface area (Å²) in [6.07, 6.45) is 6.52. The van der Waals surface area contributed by atoms with Gasteiger partial charge in [0.25, 0.3) is 0 Å². The highest BCUT2D eigenvalue weighted by Crippen LogP contribution is 2.47. The Balaban J connectivity index is 1.65. The second-order valence-corrected chi connectivity index (χ2v) is 12.5. The Bertz CT molecular complexity index is 951. The highest BCUT2D eigenvalue weighted by molar-refractivity contribution is 6.32. The first-order chi connectivity index (χ1) is 16.6. The number of fused-ring (bicyclic) bond motifs is 1. The maximum atomic E-state index is 13.1. The molecule has 4 rings (SSSR count). The number of ether oxygens (including phenoxy) is 1. The van der Waals surface area contributed by atoms with Crippen molar-refractivity contribution >= 4 is 23.4 Å². The summed E-state index contributed by atoms with van der Waals surface area (Å²) in [6.45, 7) is 7.44. The van der Waals surface area contributed by atoms with E-state index in [0.717, 1.165) is 62.6 Å². The SMILES string of the molecule is CC(C)(O)C1CCC(C2C=Cc3cc(Cl)c(OC(F)(F)F)cc3N2C2CCC(C(C)(C)O)CC2)CC1. The topological polar surface area (TPSA) is 52.9 Å². The van der Waals surface area contributed by atoms with Crippen LogP contribution in [-0.4, -0.2) is 39.9 Å². The number of nitrogens with zero attached hydrogens (tertiary/aromatic N) is 1. The van der Waals surface area contributed by atoms with Gasteiger partial charge in [-0.05, 0) is 108 Å². The molecule has 1 aromatic carbocycles. The normalized spacial score (nSPS) is 29.7. The van der Waals surface area contributed by atoms with Gasteiger partial charge in [-0.15, -0.1) is 13.2 Å². The summed E-state index contributed by atoms with van der Waals surface area (Å²) in [4.78, 5) is 2.31. The van der Waals surface area contributed by atoms with Crippen molar-refractivity contribution in [3.05, 3.63) is 28.8 Å². The van der Waals surface area contributed by atoms with Crippen molar-refractivity contribution in [2.75, 3.05) is 4.90 Å². The molecule has 1 aliphatic heterocycles. The highest BCUT2D eigenvalue weighted by Gasteiger charge is 2.41. The first-order valence-corrected chi connectivity index (χ1v) is 13.5. The Hall–Kier alpha value is -1.44. The van der Waals surface area contributed by atoms with Gasteiger partial charge in [0.15, 0.2) is 0 Å². The quantitative estimate of drug-likeness (QED) is 0.419. The summed E-state index contributed by atoms with van der Waals surface area (Å²) in [5.74, 6) is 0.402. The monoisotopic (exact) mass is 529 g/mol. The molecule has 1 aromatic rings. The third kappa shape index (κ3) is 6.16. The fourth-order valence-electron chi connectivity index (χ4n) is 6.63. The molecule has 1 unspecified atom stereocenters. The molecular formula is C28H39ClF3NO3. The Labute approximate surface area is 217 Å². The number of hydrogen-bond acceptors (Lipinski definition) is 4. The molecule has 0 bridgehead atoms. The van der Waals surface area contributed by atoms with Gasteiger partial charge in [-0.25, -0.2) is 0 Å². The van der Waals surface area contributed by atoms with Gasteiger partial charge in [0.2, 0.25) is 0 Å². The summed E-state index contributed by atoms with van der Waals surface area (Å²) >= 11 is 6.18. The summed E-state index contributed by atoms with van der Waals surface area (Å²) in [6, 6.07) is 3.20. The van der Waals surface area contributed by atoms with Gasteiger partial charge in [0, 0.05) is 17.8 Å². The number of hydrogen-bond donors (Lipinski definition) is 2. The molecule has 1 heterocycles. The molecular weight excluding hydrogens is 491 g/mol. The van der Waals surface area contributed by atoms with Crippen molar-refractivity contribution in [3.8, 4) is 5.75 Å². The lowest BCUT2D eigenvalue weighted by atomic mass is 9.71.